The van der Waals surface area contributed by atoms with Crippen LogP contribution < -0.4 is 11.1 Å². The van der Waals surface area contributed by atoms with E-state index in [0.29, 0.717) is 25.2 Å². The number of benzene rings is 2. The Kier molecular flexibility index (Phi) is 5.43. The summed E-state index contributed by atoms with van der Waals surface area (Å²) in [5.74, 6) is 0. The van der Waals surface area contributed by atoms with Crippen LogP contribution in [-0.4, -0.2) is 58.7 Å². The minimum Gasteiger partial charge on any atom is -0.316 e. The van der Waals surface area contributed by atoms with Crippen molar-refractivity contribution < 1.29 is 13.3 Å². The van der Waals surface area contributed by atoms with E-state index in [-0.39, 0.29) is 29.2 Å². The first-order valence-corrected chi connectivity index (χ1v) is 10.9. The Labute approximate surface area is 176 Å². The van der Waals surface area contributed by atoms with Crippen molar-refractivity contribution in [1.29, 1.82) is 0 Å². The number of hydrogen-bond acceptors (Lipinski definition) is 7. The van der Waals surface area contributed by atoms with E-state index in [1.54, 1.807) is 12.1 Å². The predicted molar refractivity (Wildman–Crippen MR) is 112 cm³/mol. The van der Waals surface area contributed by atoms with Crippen LogP contribution in [0.15, 0.2) is 56.9 Å². The number of piperazine rings is 1. The molecule has 0 radical (unpaired) electrons. The Bertz CT molecular complexity index is 1370. The highest BCUT2D eigenvalue weighted by Gasteiger charge is 2.29. The maximum atomic E-state index is 13.0. The highest BCUT2D eigenvalue weighted by Crippen LogP contribution is 2.21. The fourth-order valence-corrected chi connectivity index (χ4v) is 5.01. The molecule has 1 saturated heterocycles. The summed E-state index contributed by atoms with van der Waals surface area (Å²) in [4.78, 5) is 40.3. The van der Waals surface area contributed by atoms with Gasteiger partial charge in [-0.15, -0.1) is 0 Å². The van der Waals surface area contributed by atoms with Crippen LogP contribution in [0.2, 0.25) is 0 Å². The molecular formula is C19H19N5O6S. The number of nitrogens with zero attached hydrogens (tertiary/aromatic N) is 3. The van der Waals surface area contributed by atoms with Crippen LogP contribution in [0.5, 0.6) is 0 Å². The van der Waals surface area contributed by atoms with Gasteiger partial charge in [0.2, 0.25) is 10.0 Å². The molecule has 4 rings (SSSR count). The number of nitro groups is 1. The van der Waals surface area contributed by atoms with E-state index in [1.807, 2.05) is 4.90 Å². The third kappa shape index (κ3) is 4.26. The van der Waals surface area contributed by atoms with Crippen LogP contribution in [0.3, 0.4) is 0 Å². The van der Waals surface area contributed by atoms with Crippen LogP contribution in [0.1, 0.15) is 5.56 Å². The minimum atomic E-state index is -3.79. The summed E-state index contributed by atoms with van der Waals surface area (Å²) in [6.45, 7) is 1.95. The molecule has 162 valence electrons. The van der Waals surface area contributed by atoms with E-state index in [1.165, 1.54) is 34.6 Å². The number of nitro benzene ring substituents is 1. The van der Waals surface area contributed by atoms with Crippen LogP contribution in [0, 0.1) is 10.1 Å². The molecule has 0 spiro atoms. The highest BCUT2D eigenvalue weighted by molar-refractivity contribution is 7.89. The van der Waals surface area contributed by atoms with Gasteiger partial charge in [-0.3, -0.25) is 24.6 Å². The van der Waals surface area contributed by atoms with Gasteiger partial charge in [0, 0.05) is 44.9 Å². The summed E-state index contributed by atoms with van der Waals surface area (Å²) in [7, 11) is -3.79. The van der Waals surface area contributed by atoms with Gasteiger partial charge in [-0.1, -0.05) is 12.1 Å². The van der Waals surface area contributed by atoms with Crippen molar-refractivity contribution in [2.24, 2.45) is 0 Å². The van der Waals surface area contributed by atoms with Crippen LogP contribution in [0.25, 0.3) is 11.0 Å². The largest absolute Gasteiger partial charge is 0.316 e. The smallest absolute Gasteiger partial charge is 0.314 e. The third-order valence-corrected chi connectivity index (χ3v) is 7.08. The van der Waals surface area contributed by atoms with Gasteiger partial charge in [-0.25, -0.2) is 8.42 Å². The quantitative estimate of drug-likeness (QED) is 0.332. The molecule has 0 aliphatic carbocycles. The van der Waals surface area contributed by atoms with Gasteiger partial charge in [-0.05, 0) is 23.8 Å². The minimum absolute atomic E-state index is 0.0226. The van der Waals surface area contributed by atoms with Crippen LogP contribution in [-0.2, 0) is 16.6 Å². The summed E-state index contributed by atoms with van der Waals surface area (Å²) < 4.78 is 27.4. The van der Waals surface area contributed by atoms with Crippen molar-refractivity contribution in [3.05, 3.63) is 78.8 Å². The molecule has 1 aromatic heterocycles. The number of H-pyrrole nitrogens is 2. The molecular weight excluding hydrogens is 426 g/mol. The zero-order valence-corrected chi connectivity index (χ0v) is 17.1. The number of nitrogens with one attached hydrogen (secondary N) is 2. The second-order valence-corrected chi connectivity index (χ2v) is 9.16. The van der Waals surface area contributed by atoms with Gasteiger partial charge < -0.3 is 9.97 Å². The second kappa shape index (κ2) is 8.06. The molecule has 1 aliphatic heterocycles. The summed E-state index contributed by atoms with van der Waals surface area (Å²) in [5.41, 5.74) is -0.271. The Balaban J connectivity index is 1.48. The summed E-state index contributed by atoms with van der Waals surface area (Å²) in [5, 5.41) is 10.9. The van der Waals surface area contributed by atoms with Crippen molar-refractivity contribution in [2.75, 3.05) is 26.2 Å². The van der Waals surface area contributed by atoms with Gasteiger partial charge in [-0.2, -0.15) is 4.31 Å². The average molecular weight is 445 g/mol. The molecule has 12 heteroatoms. The standard InChI is InChI=1S/C19H19N5O6S/c25-18-19(26)21-17-11-15(4-5-16(17)20-18)31(29,30)23-8-6-22(7-9-23)12-13-2-1-3-14(10-13)24(27)28/h1-5,10-11H,6-9,12H2,(H,20,25)(H,21,26). The fraction of sp³-hybridized carbons (Fsp3) is 0.263. The Morgan fingerprint density at radius 2 is 1.61 bits per heavy atom. The predicted octanol–water partition coefficient (Wildman–Crippen LogP) is 0.631. The van der Waals surface area contributed by atoms with E-state index < -0.39 is 26.1 Å². The molecule has 0 saturated carbocycles. The second-order valence-electron chi connectivity index (χ2n) is 7.22. The number of aromatic nitrogens is 2. The van der Waals surface area contributed by atoms with Crippen LogP contribution in [0.4, 0.5) is 5.69 Å². The average Bonchev–Trinajstić information content (AvgIpc) is 2.75. The lowest BCUT2D eigenvalue weighted by atomic mass is 10.2. The number of hydrogen-bond donors (Lipinski definition) is 2. The summed E-state index contributed by atoms with van der Waals surface area (Å²) in [6.07, 6.45) is 0. The SMILES string of the molecule is O=c1[nH]c2ccc(S(=O)(=O)N3CCN(Cc4cccc([N+](=O)[O-])c4)CC3)cc2[nH]c1=O. The zero-order valence-electron chi connectivity index (χ0n) is 16.3. The molecule has 1 fully saturated rings. The van der Waals surface area contributed by atoms with Crippen molar-refractivity contribution in [3.8, 4) is 0 Å². The van der Waals surface area contributed by atoms with Gasteiger partial charge >= 0.3 is 11.1 Å². The van der Waals surface area contributed by atoms with E-state index in [9.17, 15) is 28.1 Å². The number of non-ortho nitro benzene ring substituents is 1. The molecule has 2 N–H and O–H groups in total. The molecule has 2 aromatic carbocycles. The highest BCUT2D eigenvalue weighted by atomic mass is 32.2. The van der Waals surface area contributed by atoms with Gasteiger partial charge in [0.1, 0.15) is 0 Å². The fourth-order valence-electron chi connectivity index (χ4n) is 3.56. The van der Waals surface area contributed by atoms with E-state index >= 15 is 0 Å². The first kappa shape index (κ1) is 20.9. The first-order chi connectivity index (χ1) is 14.7. The Morgan fingerprint density at radius 1 is 0.935 bits per heavy atom. The molecule has 0 unspecified atom stereocenters. The van der Waals surface area contributed by atoms with Crippen molar-refractivity contribution >= 4 is 26.7 Å². The molecule has 3 aromatic rings. The maximum absolute atomic E-state index is 13.0. The van der Waals surface area contributed by atoms with Crippen molar-refractivity contribution in [3.63, 3.8) is 0 Å². The summed E-state index contributed by atoms with van der Waals surface area (Å²) in [6, 6.07) is 10.5. The normalized spacial score (nSPS) is 15.9. The lowest BCUT2D eigenvalue weighted by Gasteiger charge is -2.34. The van der Waals surface area contributed by atoms with E-state index in [4.69, 9.17) is 0 Å². The van der Waals surface area contributed by atoms with Gasteiger partial charge in [0.15, 0.2) is 0 Å². The zero-order chi connectivity index (χ0) is 22.2. The molecule has 2 heterocycles. The van der Waals surface area contributed by atoms with E-state index in [0.717, 1.165) is 5.56 Å². The molecule has 1 aliphatic rings. The number of fused-ring (bicyclic) bond motifs is 1. The van der Waals surface area contributed by atoms with E-state index in [2.05, 4.69) is 9.97 Å². The number of sulfonamides is 1. The number of aromatic amines is 2. The van der Waals surface area contributed by atoms with Crippen LogP contribution >= 0.6 is 0 Å². The lowest BCUT2D eigenvalue weighted by Crippen LogP contribution is -2.48. The lowest BCUT2D eigenvalue weighted by molar-refractivity contribution is -0.384. The summed E-state index contributed by atoms with van der Waals surface area (Å²) >= 11 is 0. The molecule has 0 atom stereocenters. The van der Waals surface area contributed by atoms with Gasteiger partial charge in [0.25, 0.3) is 5.69 Å². The maximum Gasteiger partial charge on any atom is 0.314 e. The monoisotopic (exact) mass is 445 g/mol. The Hall–Kier alpha value is -3.35. The third-order valence-electron chi connectivity index (χ3n) is 5.19. The number of rotatable bonds is 5. The van der Waals surface area contributed by atoms with Crippen molar-refractivity contribution in [1.82, 2.24) is 19.2 Å². The first-order valence-electron chi connectivity index (χ1n) is 9.46. The molecule has 31 heavy (non-hydrogen) atoms. The van der Waals surface area contributed by atoms with Crippen molar-refractivity contribution in [2.45, 2.75) is 11.4 Å². The molecule has 0 amide bonds. The van der Waals surface area contributed by atoms with Gasteiger partial charge in [0.05, 0.1) is 20.9 Å². The molecule has 11 nitrogen and oxygen atoms in total. The molecule has 0 bridgehead atoms. The topological polar surface area (TPSA) is 149 Å². The Morgan fingerprint density at radius 3 is 2.29 bits per heavy atom.